The van der Waals surface area contributed by atoms with Gasteiger partial charge in [0.25, 0.3) is 11.9 Å². The zero-order chi connectivity index (χ0) is 23.4. The Kier molecular flexibility index (Phi) is 8.98. The number of rotatable bonds is 10. The van der Waals surface area contributed by atoms with E-state index in [2.05, 4.69) is 34.6 Å². The molecule has 0 aromatic heterocycles. The molecule has 1 spiro atoms. The Morgan fingerprint density at radius 2 is 1.29 bits per heavy atom. The van der Waals surface area contributed by atoms with Crippen LogP contribution in [0.4, 0.5) is 0 Å². The normalized spacial score (nSPS) is 33.6. The molecule has 2 aliphatic heterocycles. The minimum atomic E-state index is -1.07. The summed E-state index contributed by atoms with van der Waals surface area (Å²) in [4.78, 5) is 0. The molecule has 7 heteroatoms. The fourth-order valence-electron chi connectivity index (χ4n) is 4.36. The molecular weight excluding hydrogens is 400 g/mol. The van der Waals surface area contributed by atoms with Gasteiger partial charge in [-0.05, 0) is 39.5 Å². The van der Waals surface area contributed by atoms with Crippen LogP contribution < -0.4 is 0 Å². The molecule has 0 bridgehead atoms. The largest absolute Gasteiger partial charge is 0.373 e. The van der Waals surface area contributed by atoms with E-state index in [-0.39, 0.29) is 22.5 Å². The van der Waals surface area contributed by atoms with Gasteiger partial charge < -0.3 is 33.2 Å². The molecule has 2 saturated heterocycles. The molecule has 0 saturated carbocycles. The van der Waals surface area contributed by atoms with E-state index < -0.39 is 11.9 Å². The fraction of sp³-hybridized carbons (Fsp3) is 1.00. The van der Waals surface area contributed by atoms with Crippen LogP contribution in [-0.2, 0) is 33.2 Å². The molecule has 0 amide bonds. The van der Waals surface area contributed by atoms with Crippen LogP contribution >= 0.6 is 0 Å². The van der Waals surface area contributed by atoms with Crippen molar-refractivity contribution in [2.45, 2.75) is 105 Å². The molecule has 1 atom stereocenters. The van der Waals surface area contributed by atoms with Gasteiger partial charge in [-0.3, -0.25) is 0 Å². The van der Waals surface area contributed by atoms with Gasteiger partial charge in [-0.25, -0.2) is 0 Å². The fourth-order valence-corrected chi connectivity index (χ4v) is 4.36. The molecule has 184 valence electrons. The lowest BCUT2D eigenvalue weighted by Gasteiger charge is -2.50. The van der Waals surface area contributed by atoms with Crippen molar-refractivity contribution in [2.75, 3.05) is 39.6 Å². The lowest BCUT2D eigenvalue weighted by molar-refractivity contribution is -0.469. The highest BCUT2D eigenvalue weighted by molar-refractivity contribution is 4.87. The van der Waals surface area contributed by atoms with Crippen molar-refractivity contribution in [3.8, 4) is 0 Å². The highest BCUT2D eigenvalue weighted by Crippen LogP contribution is 2.40. The number of hydrogen-bond donors (Lipinski definition) is 0. The molecular formula is C24H46O7. The Hall–Kier alpha value is -0.280. The average Bonchev–Trinajstić information content (AvgIpc) is 2.69. The first-order valence-electron chi connectivity index (χ1n) is 11.8. The van der Waals surface area contributed by atoms with E-state index in [1.165, 1.54) is 0 Å². The van der Waals surface area contributed by atoms with Crippen LogP contribution in [0.3, 0.4) is 0 Å². The molecule has 31 heavy (non-hydrogen) atoms. The zero-order valence-electron chi connectivity index (χ0n) is 21.3. The summed E-state index contributed by atoms with van der Waals surface area (Å²) >= 11 is 0. The molecule has 0 aliphatic carbocycles. The van der Waals surface area contributed by atoms with Gasteiger partial charge in [0, 0.05) is 19.4 Å². The Morgan fingerprint density at radius 1 is 0.806 bits per heavy atom. The highest BCUT2D eigenvalue weighted by atomic mass is 16.9. The van der Waals surface area contributed by atoms with Gasteiger partial charge in [-0.1, -0.05) is 34.6 Å². The van der Waals surface area contributed by atoms with Gasteiger partial charge >= 0.3 is 0 Å². The lowest BCUT2D eigenvalue weighted by Crippen LogP contribution is -2.60. The molecule has 0 N–H and O–H groups in total. The van der Waals surface area contributed by atoms with Gasteiger partial charge in [0.05, 0.1) is 50.2 Å². The predicted octanol–water partition coefficient (Wildman–Crippen LogP) is 4.87. The summed E-state index contributed by atoms with van der Waals surface area (Å²) in [7, 11) is 0. The first-order valence-corrected chi connectivity index (χ1v) is 11.8. The van der Waals surface area contributed by atoms with E-state index in [9.17, 15) is 0 Å². The molecule has 0 radical (unpaired) electrons. The maximum Gasteiger partial charge on any atom is 0.282 e. The van der Waals surface area contributed by atoms with E-state index in [0.29, 0.717) is 52.5 Å². The van der Waals surface area contributed by atoms with Crippen molar-refractivity contribution < 1.29 is 33.2 Å². The summed E-state index contributed by atoms with van der Waals surface area (Å²) in [6.07, 6.45) is 2.00. The summed E-state index contributed by atoms with van der Waals surface area (Å²) in [5, 5.41) is 0. The summed E-state index contributed by atoms with van der Waals surface area (Å²) < 4.78 is 42.3. The van der Waals surface area contributed by atoms with Crippen LogP contribution in [0.25, 0.3) is 0 Å². The van der Waals surface area contributed by atoms with E-state index in [1.54, 1.807) is 0 Å². The van der Waals surface area contributed by atoms with Crippen LogP contribution in [0, 0.1) is 10.8 Å². The van der Waals surface area contributed by atoms with Crippen LogP contribution in [0.5, 0.6) is 0 Å². The lowest BCUT2D eigenvalue weighted by atomic mass is 9.83. The smallest absolute Gasteiger partial charge is 0.282 e. The second kappa shape index (κ2) is 10.3. The Balaban J connectivity index is 1.87. The predicted molar refractivity (Wildman–Crippen MR) is 119 cm³/mol. The summed E-state index contributed by atoms with van der Waals surface area (Å²) in [6, 6.07) is 0. The second-order valence-corrected chi connectivity index (χ2v) is 10.9. The van der Waals surface area contributed by atoms with Gasteiger partial charge in [-0.15, -0.1) is 0 Å². The quantitative estimate of drug-likeness (QED) is 0.474. The molecule has 1 unspecified atom stereocenters. The molecule has 2 aliphatic rings. The van der Waals surface area contributed by atoms with Gasteiger partial charge in [0.15, 0.2) is 0 Å². The Morgan fingerprint density at radius 3 is 1.71 bits per heavy atom. The standard InChI is InChI=1S/C24H46O7/c1-10-23(25-12-3)27-15-22(16-28-23)17-29-24(11-2,30-18-22)31-19(4)13-26-21(8,9)14-20(5,6)7/h19H,10-18H2,1-9H3. The van der Waals surface area contributed by atoms with Gasteiger partial charge in [0.2, 0.25) is 0 Å². The van der Waals surface area contributed by atoms with Crippen molar-refractivity contribution in [1.82, 2.24) is 0 Å². The zero-order valence-corrected chi connectivity index (χ0v) is 21.3. The third-order valence-electron chi connectivity index (χ3n) is 5.67. The number of hydrogen-bond acceptors (Lipinski definition) is 7. The second-order valence-electron chi connectivity index (χ2n) is 10.9. The van der Waals surface area contributed by atoms with E-state index >= 15 is 0 Å². The van der Waals surface area contributed by atoms with Crippen LogP contribution in [0.2, 0.25) is 0 Å². The Bertz CT molecular complexity index is 537. The maximum absolute atomic E-state index is 6.21. The van der Waals surface area contributed by atoms with Crippen LogP contribution in [0.1, 0.15) is 81.6 Å². The molecule has 2 heterocycles. The maximum atomic E-state index is 6.21. The number of ether oxygens (including phenoxy) is 7. The van der Waals surface area contributed by atoms with Crippen molar-refractivity contribution in [3.05, 3.63) is 0 Å². The SMILES string of the molecule is CCOC1(CC)OCC2(CO1)COC(CC)(OC(C)COC(C)(C)CC(C)(C)C)OC2. The minimum Gasteiger partial charge on any atom is -0.373 e. The molecule has 2 fully saturated rings. The molecule has 0 aromatic rings. The summed E-state index contributed by atoms with van der Waals surface area (Å²) in [6.45, 7) is 21.6. The molecule has 7 nitrogen and oxygen atoms in total. The van der Waals surface area contributed by atoms with Crippen molar-refractivity contribution in [1.29, 1.82) is 0 Å². The first-order chi connectivity index (χ1) is 14.3. The van der Waals surface area contributed by atoms with Gasteiger partial charge in [-0.2, -0.15) is 0 Å². The highest BCUT2D eigenvalue weighted by Gasteiger charge is 2.51. The topological polar surface area (TPSA) is 64.6 Å². The van der Waals surface area contributed by atoms with Crippen molar-refractivity contribution in [3.63, 3.8) is 0 Å². The Labute approximate surface area is 189 Å². The minimum absolute atomic E-state index is 0.169. The molecule has 0 aromatic carbocycles. The summed E-state index contributed by atoms with van der Waals surface area (Å²) in [5.41, 5.74) is -0.382. The van der Waals surface area contributed by atoms with Crippen molar-refractivity contribution >= 4 is 0 Å². The molecule has 2 rings (SSSR count). The average molecular weight is 447 g/mol. The van der Waals surface area contributed by atoms with E-state index in [4.69, 9.17) is 33.2 Å². The van der Waals surface area contributed by atoms with Gasteiger partial charge in [0.1, 0.15) is 0 Å². The first kappa shape index (κ1) is 27.0. The van der Waals surface area contributed by atoms with Crippen LogP contribution in [-0.4, -0.2) is 63.3 Å². The summed E-state index contributed by atoms with van der Waals surface area (Å²) in [5.74, 6) is -2.02. The third-order valence-corrected chi connectivity index (χ3v) is 5.67. The van der Waals surface area contributed by atoms with Crippen molar-refractivity contribution in [2.24, 2.45) is 10.8 Å². The monoisotopic (exact) mass is 446 g/mol. The van der Waals surface area contributed by atoms with E-state index in [1.807, 2.05) is 27.7 Å². The van der Waals surface area contributed by atoms with Crippen LogP contribution in [0.15, 0.2) is 0 Å². The third kappa shape index (κ3) is 7.63. The van der Waals surface area contributed by atoms with E-state index in [0.717, 1.165) is 6.42 Å².